The van der Waals surface area contributed by atoms with Crippen molar-refractivity contribution in [3.05, 3.63) is 29.8 Å². The Kier molecular flexibility index (Phi) is 3.98. The van der Waals surface area contributed by atoms with E-state index >= 15 is 0 Å². The summed E-state index contributed by atoms with van der Waals surface area (Å²) in [5, 5.41) is 11.3. The standard InChI is InChI=1S/C13H13N3O3/c14-8-10-4-1-2-5-11(10)19-7-3-6-16-12(17)9-15-13(16)18/h1-2,4-5H,3,6-7,9H2,(H,15,18). The van der Waals surface area contributed by atoms with E-state index < -0.39 is 0 Å². The Morgan fingerprint density at radius 3 is 2.84 bits per heavy atom. The molecule has 1 saturated heterocycles. The number of nitriles is 1. The highest BCUT2D eigenvalue weighted by molar-refractivity contribution is 6.01. The van der Waals surface area contributed by atoms with Crippen LogP contribution in [0.5, 0.6) is 5.75 Å². The van der Waals surface area contributed by atoms with Gasteiger partial charge in [-0.25, -0.2) is 4.79 Å². The van der Waals surface area contributed by atoms with Gasteiger partial charge in [0.15, 0.2) is 0 Å². The minimum atomic E-state index is -0.359. The maximum Gasteiger partial charge on any atom is 0.324 e. The van der Waals surface area contributed by atoms with E-state index in [1.54, 1.807) is 24.3 Å². The number of carbonyl (C=O) groups is 2. The number of benzene rings is 1. The first-order chi connectivity index (χ1) is 9.22. The van der Waals surface area contributed by atoms with Gasteiger partial charge in [0.25, 0.3) is 0 Å². The molecule has 1 aromatic carbocycles. The minimum Gasteiger partial charge on any atom is -0.492 e. The van der Waals surface area contributed by atoms with E-state index in [2.05, 4.69) is 5.32 Å². The molecule has 0 aromatic heterocycles. The molecule has 0 bridgehead atoms. The predicted octanol–water partition coefficient (Wildman–Crippen LogP) is 0.879. The van der Waals surface area contributed by atoms with Gasteiger partial charge < -0.3 is 10.1 Å². The van der Waals surface area contributed by atoms with Gasteiger partial charge in [0.2, 0.25) is 5.91 Å². The van der Waals surface area contributed by atoms with Crippen molar-refractivity contribution >= 4 is 11.9 Å². The molecule has 0 radical (unpaired) electrons. The van der Waals surface area contributed by atoms with Crippen LogP contribution in [0.1, 0.15) is 12.0 Å². The fourth-order valence-electron chi connectivity index (χ4n) is 1.77. The van der Waals surface area contributed by atoms with Gasteiger partial charge in [0, 0.05) is 6.54 Å². The van der Waals surface area contributed by atoms with Gasteiger partial charge in [-0.3, -0.25) is 9.69 Å². The molecule has 1 fully saturated rings. The van der Waals surface area contributed by atoms with E-state index in [9.17, 15) is 9.59 Å². The quantitative estimate of drug-likeness (QED) is 0.628. The van der Waals surface area contributed by atoms with Crippen molar-refractivity contribution in [1.29, 1.82) is 5.26 Å². The van der Waals surface area contributed by atoms with E-state index in [4.69, 9.17) is 10.00 Å². The number of amides is 3. The fraction of sp³-hybridized carbons (Fsp3) is 0.308. The van der Waals surface area contributed by atoms with E-state index in [1.165, 1.54) is 4.90 Å². The summed E-state index contributed by atoms with van der Waals surface area (Å²) in [7, 11) is 0. The predicted molar refractivity (Wildman–Crippen MR) is 66.4 cm³/mol. The second-order valence-corrected chi connectivity index (χ2v) is 4.01. The third-order valence-corrected chi connectivity index (χ3v) is 2.73. The average Bonchev–Trinajstić information content (AvgIpc) is 2.75. The minimum absolute atomic E-state index is 0.0664. The van der Waals surface area contributed by atoms with Gasteiger partial charge in [0.1, 0.15) is 11.8 Å². The molecule has 1 aromatic rings. The zero-order chi connectivity index (χ0) is 13.7. The Hall–Kier alpha value is -2.55. The van der Waals surface area contributed by atoms with Crippen LogP contribution in [-0.2, 0) is 4.79 Å². The molecule has 2 rings (SSSR count). The molecule has 1 heterocycles. The summed E-state index contributed by atoms with van der Waals surface area (Å²) in [6, 6.07) is 8.62. The Morgan fingerprint density at radius 2 is 2.16 bits per heavy atom. The molecule has 3 amide bonds. The summed E-state index contributed by atoms with van der Waals surface area (Å²) in [4.78, 5) is 23.7. The zero-order valence-corrected chi connectivity index (χ0v) is 10.3. The van der Waals surface area contributed by atoms with Gasteiger partial charge in [-0.15, -0.1) is 0 Å². The molecule has 1 N–H and O–H groups in total. The van der Waals surface area contributed by atoms with Crippen LogP contribution in [0.15, 0.2) is 24.3 Å². The summed E-state index contributed by atoms with van der Waals surface area (Å²) < 4.78 is 5.47. The van der Waals surface area contributed by atoms with Crippen molar-refractivity contribution in [2.24, 2.45) is 0 Å². The molecule has 6 nitrogen and oxygen atoms in total. The lowest BCUT2D eigenvalue weighted by molar-refractivity contribution is -0.125. The lowest BCUT2D eigenvalue weighted by Gasteiger charge is -2.12. The number of para-hydroxylation sites is 1. The number of hydrogen-bond donors (Lipinski definition) is 1. The number of imide groups is 1. The van der Waals surface area contributed by atoms with Gasteiger partial charge >= 0.3 is 6.03 Å². The van der Waals surface area contributed by atoms with Crippen molar-refractivity contribution in [1.82, 2.24) is 10.2 Å². The molecule has 0 saturated carbocycles. The first-order valence-electron chi connectivity index (χ1n) is 5.92. The Bertz CT molecular complexity index is 520. The van der Waals surface area contributed by atoms with Crippen LogP contribution in [-0.4, -0.2) is 36.5 Å². The number of carbonyl (C=O) groups excluding carboxylic acids is 2. The zero-order valence-electron chi connectivity index (χ0n) is 10.3. The average molecular weight is 259 g/mol. The summed E-state index contributed by atoms with van der Waals surface area (Å²) in [6.07, 6.45) is 0.527. The normalized spacial score (nSPS) is 14.2. The lowest BCUT2D eigenvalue weighted by atomic mass is 10.2. The summed E-state index contributed by atoms with van der Waals surface area (Å²) >= 11 is 0. The van der Waals surface area contributed by atoms with Crippen molar-refractivity contribution in [3.63, 3.8) is 0 Å². The Balaban J connectivity index is 1.80. The maximum atomic E-state index is 11.3. The second-order valence-electron chi connectivity index (χ2n) is 4.01. The summed E-state index contributed by atoms with van der Waals surface area (Å²) in [5.74, 6) is 0.296. The summed E-state index contributed by atoms with van der Waals surface area (Å²) in [5.41, 5.74) is 0.470. The third-order valence-electron chi connectivity index (χ3n) is 2.73. The monoisotopic (exact) mass is 259 g/mol. The lowest BCUT2D eigenvalue weighted by Crippen LogP contribution is -2.32. The maximum absolute atomic E-state index is 11.3. The molecule has 1 aliphatic heterocycles. The molecule has 1 aliphatic rings. The number of nitrogens with zero attached hydrogens (tertiary/aromatic N) is 2. The van der Waals surface area contributed by atoms with Crippen LogP contribution < -0.4 is 10.1 Å². The largest absolute Gasteiger partial charge is 0.492 e. The number of urea groups is 1. The molecule has 19 heavy (non-hydrogen) atoms. The fourth-order valence-corrected chi connectivity index (χ4v) is 1.77. The second kappa shape index (κ2) is 5.87. The van der Waals surface area contributed by atoms with Gasteiger partial charge in [-0.2, -0.15) is 5.26 Å². The highest BCUT2D eigenvalue weighted by atomic mass is 16.5. The molecule has 0 spiro atoms. The molecule has 0 atom stereocenters. The van der Waals surface area contributed by atoms with Crippen LogP contribution >= 0.6 is 0 Å². The topological polar surface area (TPSA) is 82.4 Å². The van der Waals surface area contributed by atoms with E-state index in [-0.39, 0.29) is 18.5 Å². The Labute approximate surface area is 110 Å². The summed E-state index contributed by atoms with van der Waals surface area (Å²) in [6.45, 7) is 0.728. The van der Waals surface area contributed by atoms with Crippen LogP contribution in [0.4, 0.5) is 4.79 Å². The number of hydrogen-bond acceptors (Lipinski definition) is 4. The van der Waals surface area contributed by atoms with Crippen molar-refractivity contribution in [2.45, 2.75) is 6.42 Å². The molecule has 6 heteroatoms. The van der Waals surface area contributed by atoms with Gasteiger partial charge in [0.05, 0.1) is 18.7 Å². The first kappa shape index (κ1) is 12.9. The molecule has 0 aliphatic carbocycles. The van der Waals surface area contributed by atoms with E-state index in [0.717, 1.165) is 0 Å². The van der Waals surface area contributed by atoms with Crippen molar-refractivity contribution < 1.29 is 14.3 Å². The SMILES string of the molecule is N#Cc1ccccc1OCCCN1C(=O)CNC1=O. The molecular formula is C13H13N3O3. The van der Waals surface area contributed by atoms with Crippen LogP contribution in [0.25, 0.3) is 0 Å². The van der Waals surface area contributed by atoms with Gasteiger partial charge in [-0.05, 0) is 18.6 Å². The van der Waals surface area contributed by atoms with Crippen LogP contribution in [0.2, 0.25) is 0 Å². The Morgan fingerprint density at radius 1 is 1.37 bits per heavy atom. The van der Waals surface area contributed by atoms with E-state index in [1.807, 2.05) is 6.07 Å². The highest BCUT2D eigenvalue weighted by Gasteiger charge is 2.27. The van der Waals surface area contributed by atoms with Gasteiger partial charge in [-0.1, -0.05) is 12.1 Å². The first-order valence-corrected chi connectivity index (χ1v) is 5.92. The number of rotatable bonds is 5. The molecule has 0 unspecified atom stereocenters. The number of ether oxygens (including phenoxy) is 1. The molecule has 98 valence electrons. The van der Waals surface area contributed by atoms with Crippen LogP contribution in [0.3, 0.4) is 0 Å². The highest BCUT2D eigenvalue weighted by Crippen LogP contribution is 2.16. The number of nitrogens with one attached hydrogen (secondary N) is 1. The van der Waals surface area contributed by atoms with Crippen LogP contribution in [0, 0.1) is 11.3 Å². The third kappa shape index (κ3) is 3.01. The van der Waals surface area contributed by atoms with Crippen molar-refractivity contribution in [3.8, 4) is 11.8 Å². The molecular weight excluding hydrogens is 246 g/mol. The van der Waals surface area contributed by atoms with E-state index in [0.29, 0.717) is 30.9 Å². The van der Waals surface area contributed by atoms with Crippen molar-refractivity contribution in [2.75, 3.05) is 19.7 Å². The smallest absolute Gasteiger partial charge is 0.324 e.